The van der Waals surface area contributed by atoms with E-state index in [1.807, 2.05) is 77.1 Å². The van der Waals surface area contributed by atoms with Crippen LogP contribution in [0, 0.1) is 6.92 Å². The van der Waals surface area contributed by atoms with E-state index in [1.165, 1.54) is 28.2 Å². The van der Waals surface area contributed by atoms with Crippen LogP contribution in [-0.2, 0) is 22.7 Å². The number of furan rings is 1. The molecule has 37 heavy (non-hydrogen) atoms. The Labute approximate surface area is 226 Å². The first-order valence-electron chi connectivity index (χ1n) is 12.3. The third kappa shape index (κ3) is 6.76. The van der Waals surface area contributed by atoms with E-state index >= 15 is 0 Å². The van der Waals surface area contributed by atoms with Crippen LogP contribution in [-0.4, -0.2) is 39.2 Å². The van der Waals surface area contributed by atoms with Gasteiger partial charge in [-0.15, -0.1) is 11.3 Å². The van der Waals surface area contributed by atoms with Crippen LogP contribution in [0.1, 0.15) is 44.8 Å². The number of nitrogens with zero attached hydrogens (tertiary/aromatic N) is 2. The van der Waals surface area contributed by atoms with E-state index in [2.05, 4.69) is 14.9 Å². The van der Waals surface area contributed by atoms with Crippen molar-refractivity contribution in [3.8, 4) is 5.75 Å². The fraction of sp³-hybridized carbons (Fsp3) is 0.333. The van der Waals surface area contributed by atoms with Crippen molar-refractivity contribution in [1.29, 1.82) is 0 Å². The molecule has 4 rings (SSSR count). The third-order valence-corrected chi connectivity index (χ3v) is 7.90. The first kappa shape index (κ1) is 28.4. The Morgan fingerprint density at radius 1 is 1.03 bits per heavy atom. The minimum atomic E-state index is -0.458. The van der Waals surface area contributed by atoms with E-state index in [0.29, 0.717) is 11.4 Å². The number of imide groups is 1. The summed E-state index contributed by atoms with van der Waals surface area (Å²) in [7, 11) is 0. The Kier molecular flexibility index (Phi) is 10.2. The van der Waals surface area contributed by atoms with Crippen LogP contribution in [0.25, 0.3) is 0 Å². The summed E-state index contributed by atoms with van der Waals surface area (Å²) in [6.45, 7) is 12.0. The van der Waals surface area contributed by atoms with Gasteiger partial charge in [-0.3, -0.25) is 14.5 Å². The van der Waals surface area contributed by atoms with Crippen molar-refractivity contribution >= 4 is 40.8 Å². The van der Waals surface area contributed by atoms with Gasteiger partial charge in [-0.05, 0) is 36.6 Å². The van der Waals surface area contributed by atoms with E-state index in [4.69, 9.17) is 4.42 Å². The van der Waals surface area contributed by atoms with Crippen molar-refractivity contribution in [3.05, 3.63) is 76.3 Å². The highest BCUT2D eigenvalue weighted by Crippen LogP contribution is 2.43. The van der Waals surface area contributed by atoms with Gasteiger partial charge in [0.05, 0.1) is 18.8 Å². The molecule has 3 N–H and O–H groups in total. The zero-order chi connectivity index (χ0) is 26.9. The molecule has 10 heteroatoms. The monoisotopic (exact) mass is 542 g/mol. The Morgan fingerprint density at radius 3 is 2.32 bits per heavy atom. The average molecular weight is 543 g/mol. The van der Waals surface area contributed by atoms with Crippen molar-refractivity contribution < 1.29 is 19.1 Å². The van der Waals surface area contributed by atoms with Crippen molar-refractivity contribution in [2.45, 2.75) is 51.9 Å². The van der Waals surface area contributed by atoms with Gasteiger partial charge in [0, 0.05) is 18.5 Å². The smallest absolute Gasteiger partial charge is 0.279 e. The molecule has 8 nitrogen and oxygen atoms in total. The molecule has 0 bridgehead atoms. The lowest BCUT2D eigenvalue weighted by Gasteiger charge is -2.16. The van der Waals surface area contributed by atoms with Crippen LogP contribution in [0.5, 0.6) is 5.75 Å². The number of carbonyl (C=O) groups excluding carboxylic acids is 2. The second kappa shape index (κ2) is 13.4. The Balaban J connectivity index is 0.00000186. The van der Waals surface area contributed by atoms with Gasteiger partial charge in [0.1, 0.15) is 27.1 Å². The van der Waals surface area contributed by atoms with Crippen LogP contribution < -0.4 is 10.6 Å². The summed E-state index contributed by atoms with van der Waals surface area (Å²) >= 11 is 2.84. The average Bonchev–Trinajstić information content (AvgIpc) is 3.56. The standard InChI is InChI=1S/C25H28N4O4S2.C2H6/c1-4-28(5-2)35-25-22(30)19(15-34-25)27-21-20(26-13-18-12-11-16(3)33-18)23(31)29(24(21)32)14-17-9-7-6-8-10-17;1-2/h6-12,15,26-27,30H,4-5,13-14H2,1-3H3;1-2H3. The molecule has 0 spiro atoms. The van der Waals surface area contributed by atoms with Crippen LogP contribution in [0.4, 0.5) is 5.69 Å². The number of thiophene rings is 1. The maximum atomic E-state index is 13.4. The highest BCUT2D eigenvalue weighted by atomic mass is 32.2. The predicted molar refractivity (Wildman–Crippen MR) is 149 cm³/mol. The molecule has 0 saturated carbocycles. The molecule has 0 fully saturated rings. The molecule has 0 atom stereocenters. The Morgan fingerprint density at radius 2 is 1.70 bits per heavy atom. The number of aryl methyl sites for hydroxylation is 1. The normalized spacial score (nSPS) is 13.3. The molecule has 2 aromatic heterocycles. The molecule has 1 aliphatic rings. The summed E-state index contributed by atoms with van der Waals surface area (Å²) in [5.74, 6) is 0.572. The first-order chi connectivity index (χ1) is 17.9. The number of nitrogens with one attached hydrogen (secondary N) is 2. The topological polar surface area (TPSA) is 98.0 Å². The van der Waals surface area contributed by atoms with Gasteiger partial charge in [-0.1, -0.05) is 58.0 Å². The third-order valence-electron chi connectivity index (χ3n) is 5.50. The summed E-state index contributed by atoms with van der Waals surface area (Å²) in [5, 5.41) is 18.7. The Bertz CT molecular complexity index is 1230. The summed E-state index contributed by atoms with van der Waals surface area (Å²) in [4.78, 5) is 27.9. The summed E-state index contributed by atoms with van der Waals surface area (Å²) in [5.41, 5.74) is 1.47. The van der Waals surface area contributed by atoms with Gasteiger partial charge in [0.25, 0.3) is 11.8 Å². The van der Waals surface area contributed by atoms with E-state index in [0.717, 1.165) is 28.6 Å². The molecular formula is C27H34N4O4S2. The zero-order valence-electron chi connectivity index (χ0n) is 21.8. The quantitative estimate of drug-likeness (QED) is 0.209. The number of anilines is 1. The van der Waals surface area contributed by atoms with E-state index < -0.39 is 11.8 Å². The van der Waals surface area contributed by atoms with Gasteiger partial charge in [0.2, 0.25) is 0 Å². The lowest BCUT2D eigenvalue weighted by molar-refractivity contribution is -0.138. The van der Waals surface area contributed by atoms with Gasteiger partial charge in [-0.25, -0.2) is 4.31 Å². The van der Waals surface area contributed by atoms with Crippen LogP contribution >= 0.6 is 23.3 Å². The van der Waals surface area contributed by atoms with Gasteiger partial charge < -0.3 is 20.2 Å². The lowest BCUT2D eigenvalue weighted by Crippen LogP contribution is -2.33. The van der Waals surface area contributed by atoms with E-state index in [-0.39, 0.29) is 30.2 Å². The summed E-state index contributed by atoms with van der Waals surface area (Å²) in [6.07, 6.45) is 0. The van der Waals surface area contributed by atoms with Crippen LogP contribution in [0.2, 0.25) is 0 Å². The summed E-state index contributed by atoms with van der Waals surface area (Å²) in [6, 6.07) is 13.0. The number of amides is 2. The van der Waals surface area contributed by atoms with Crippen LogP contribution in [0.3, 0.4) is 0 Å². The van der Waals surface area contributed by atoms with Crippen molar-refractivity contribution in [2.75, 3.05) is 18.4 Å². The largest absolute Gasteiger partial charge is 0.504 e. The van der Waals surface area contributed by atoms with E-state index in [9.17, 15) is 14.7 Å². The lowest BCUT2D eigenvalue weighted by atomic mass is 10.2. The molecule has 2 amide bonds. The number of hydrogen-bond donors (Lipinski definition) is 3. The molecule has 0 saturated heterocycles. The molecule has 198 valence electrons. The second-order valence-corrected chi connectivity index (χ2v) is 10.2. The molecule has 3 heterocycles. The fourth-order valence-electron chi connectivity index (χ4n) is 3.61. The molecule has 0 radical (unpaired) electrons. The molecule has 1 aromatic carbocycles. The maximum absolute atomic E-state index is 13.4. The van der Waals surface area contributed by atoms with Crippen molar-refractivity contribution in [1.82, 2.24) is 14.5 Å². The number of aromatic hydroxyl groups is 1. The highest BCUT2D eigenvalue weighted by molar-refractivity contribution is 7.99. The van der Waals surface area contributed by atoms with Gasteiger partial charge in [0.15, 0.2) is 5.75 Å². The van der Waals surface area contributed by atoms with Crippen LogP contribution in [0.15, 0.2) is 67.9 Å². The molecule has 0 aliphatic carbocycles. The number of rotatable bonds is 11. The molecule has 1 aliphatic heterocycles. The second-order valence-electron chi connectivity index (χ2n) is 7.91. The number of benzene rings is 1. The first-order valence-corrected chi connectivity index (χ1v) is 14.0. The Hall–Kier alpha value is -3.21. The van der Waals surface area contributed by atoms with Gasteiger partial charge >= 0.3 is 0 Å². The molecule has 0 unspecified atom stereocenters. The SMILES string of the molecule is CC.CCN(CC)Sc1scc(NC2=C(NCc3ccc(C)o3)C(=O)N(Cc3ccccc3)C2=O)c1O. The van der Waals surface area contributed by atoms with Crippen molar-refractivity contribution in [3.63, 3.8) is 0 Å². The predicted octanol–water partition coefficient (Wildman–Crippen LogP) is 5.71. The fourth-order valence-corrected chi connectivity index (χ4v) is 5.55. The number of carbonyl (C=O) groups is 2. The van der Waals surface area contributed by atoms with Gasteiger partial charge in [-0.2, -0.15) is 0 Å². The maximum Gasteiger partial charge on any atom is 0.279 e. The minimum Gasteiger partial charge on any atom is -0.504 e. The van der Waals surface area contributed by atoms with Crippen molar-refractivity contribution in [2.24, 2.45) is 0 Å². The zero-order valence-corrected chi connectivity index (χ0v) is 23.5. The molecule has 3 aromatic rings. The molecular weight excluding hydrogens is 508 g/mol. The van der Waals surface area contributed by atoms with E-state index in [1.54, 1.807) is 5.38 Å². The summed E-state index contributed by atoms with van der Waals surface area (Å²) < 4.78 is 8.43. The minimum absolute atomic E-state index is 0.0576. The highest BCUT2D eigenvalue weighted by Gasteiger charge is 2.39. The number of hydrogen-bond acceptors (Lipinski definition) is 9.